The van der Waals surface area contributed by atoms with Crippen molar-refractivity contribution in [3.05, 3.63) is 70.8 Å². The zero-order valence-corrected chi connectivity index (χ0v) is 30.1. The van der Waals surface area contributed by atoms with Gasteiger partial charge in [0.25, 0.3) is 0 Å². The third-order valence-corrected chi connectivity index (χ3v) is 8.59. The summed E-state index contributed by atoms with van der Waals surface area (Å²) in [6, 6.07) is 11.9. The number of amides is 3. The van der Waals surface area contributed by atoms with E-state index in [4.69, 9.17) is 9.47 Å². The van der Waals surface area contributed by atoms with Crippen molar-refractivity contribution < 1.29 is 28.7 Å². The fourth-order valence-electron chi connectivity index (χ4n) is 5.60. The van der Waals surface area contributed by atoms with Gasteiger partial charge in [0.2, 0.25) is 11.8 Å². The van der Waals surface area contributed by atoms with E-state index in [1.807, 2.05) is 83.1 Å². The van der Waals surface area contributed by atoms with E-state index < -0.39 is 47.3 Å². The van der Waals surface area contributed by atoms with Crippen LogP contribution in [0.25, 0.3) is 0 Å². The molecule has 2 aromatic carbocycles. The number of aryl methyl sites for hydroxylation is 1. The normalized spacial score (nSPS) is 18.6. The first-order valence-electron chi connectivity index (χ1n) is 16.8. The van der Waals surface area contributed by atoms with Crippen LogP contribution >= 0.6 is 0 Å². The quantitative estimate of drug-likeness (QED) is 0.251. The first-order chi connectivity index (χ1) is 21.8. The van der Waals surface area contributed by atoms with Gasteiger partial charge in [0, 0.05) is 12.5 Å². The Morgan fingerprint density at radius 1 is 0.894 bits per heavy atom. The van der Waals surface area contributed by atoms with Gasteiger partial charge >= 0.3 is 12.1 Å². The van der Waals surface area contributed by atoms with Gasteiger partial charge in [-0.1, -0.05) is 75.7 Å². The van der Waals surface area contributed by atoms with Crippen LogP contribution in [-0.2, 0) is 30.3 Å². The maximum absolute atomic E-state index is 14.8. The topological polar surface area (TPSA) is 114 Å². The number of carbonyl (C=O) groups excluding carboxylic acids is 4. The lowest BCUT2D eigenvalue weighted by Crippen LogP contribution is -2.57. The molecule has 1 fully saturated rings. The summed E-state index contributed by atoms with van der Waals surface area (Å²) in [7, 11) is 0. The Hall–Kier alpha value is -3.88. The average molecular weight is 650 g/mol. The minimum absolute atomic E-state index is 0.143. The lowest BCUT2D eigenvalue weighted by Gasteiger charge is -2.37. The van der Waals surface area contributed by atoms with Gasteiger partial charge in [-0.3, -0.25) is 9.59 Å². The summed E-state index contributed by atoms with van der Waals surface area (Å²) < 4.78 is 11.3. The Morgan fingerprint density at radius 2 is 1.49 bits per heavy atom. The van der Waals surface area contributed by atoms with Crippen LogP contribution in [0.3, 0.4) is 0 Å². The molecule has 1 aliphatic rings. The fraction of sp³-hybridized carbons (Fsp3) is 0.579. The second-order valence-electron chi connectivity index (χ2n) is 15.0. The van der Waals surface area contributed by atoms with Crippen molar-refractivity contribution in [1.82, 2.24) is 15.5 Å². The van der Waals surface area contributed by atoms with Crippen molar-refractivity contribution in [2.24, 2.45) is 11.8 Å². The summed E-state index contributed by atoms with van der Waals surface area (Å²) in [4.78, 5) is 57.7. The molecule has 258 valence electrons. The van der Waals surface area contributed by atoms with Crippen LogP contribution in [0.5, 0.6) is 0 Å². The second-order valence-corrected chi connectivity index (χ2v) is 15.0. The number of esters is 1. The summed E-state index contributed by atoms with van der Waals surface area (Å²) in [5.74, 6) is -1.52. The molecule has 0 radical (unpaired) electrons. The molecule has 0 bridgehead atoms. The summed E-state index contributed by atoms with van der Waals surface area (Å²) >= 11 is 0. The van der Waals surface area contributed by atoms with Crippen molar-refractivity contribution in [3.63, 3.8) is 0 Å². The molecule has 3 rings (SSSR count). The Morgan fingerprint density at radius 3 is 2.02 bits per heavy atom. The van der Waals surface area contributed by atoms with E-state index in [9.17, 15) is 19.2 Å². The van der Waals surface area contributed by atoms with E-state index in [1.54, 1.807) is 46.4 Å². The van der Waals surface area contributed by atoms with Gasteiger partial charge in [0.1, 0.15) is 29.3 Å². The van der Waals surface area contributed by atoms with E-state index in [0.717, 1.165) is 16.7 Å². The molecule has 3 amide bonds. The van der Waals surface area contributed by atoms with Gasteiger partial charge in [-0.25, -0.2) is 9.59 Å². The number of nitrogens with zero attached hydrogens (tertiary/aromatic N) is 1. The molecule has 0 heterocycles. The Kier molecular flexibility index (Phi) is 12.3. The second kappa shape index (κ2) is 15.3. The summed E-state index contributed by atoms with van der Waals surface area (Å²) in [5, 5.41) is 5.83. The predicted molar refractivity (Wildman–Crippen MR) is 184 cm³/mol. The van der Waals surface area contributed by atoms with Crippen LogP contribution < -0.4 is 10.6 Å². The van der Waals surface area contributed by atoms with E-state index in [-0.39, 0.29) is 30.2 Å². The molecule has 0 aliphatic heterocycles. The number of ether oxygens (including phenoxy) is 2. The van der Waals surface area contributed by atoms with Crippen LogP contribution in [0.2, 0.25) is 0 Å². The highest BCUT2D eigenvalue weighted by molar-refractivity contribution is 5.94. The molecular formula is C38H55N3O6. The van der Waals surface area contributed by atoms with Crippen LogP contribution in [0.1, 0.15) is 103 Å². The number of hydrogen-bond donors (Lipinski definition) is 2. The Balaban J connectivity index is 2.12. The minimum atomic E-state index is -1.06. The first kappa shape index (κ1) is 37.6. The number of hydrogen-bond acceptors (Lipinski definition) is 6. The Bertz CT molecular complexity index is 1410. The molecule has 9 heteroatoms. The zero-order valence-electron chi connectivity index (χ0n) is 30.1. The van der Waals surface area contributed by atoms with Gasteiger partial charge in [0.05, 0.1) is 0 Å². The van der Waals surface area contributed by atoms with E-state index in [1.165, 1.54) is 0 Å². The molecule has 1 aliphatic carbocycles. The van der Waals surface area contributed by atoms with Gasteiger partial charge in [-0.05, 0) is 95.9 Å². The van der Waals surface area contributed by atoms with Gasteiger partial charge in [0.15, 0.2) is 0 Å². The summed E-state index contributed by atoms with van der Waals surface area (Å²) in [6.45, 7) is 20.4. The lowest BCUT2D eigenvalue weighted by atomic mass is 9.92. The number of nitrogens with one attached hydrogen (secondary N) is 2. The van der Waals surface area contributed by atoms with E-state index in [0.29, 0.717) is 18.4 Å². The summed E-state index contributed by atoms with van der Waals surface area (Å²) in [5.41, 5.74) is 1.83. The van der Waals surface area contributed by atoms with Crippen LogP contribution in [0.15, 0.2) is 48.5 Å². The highest BCUT2D eigenvalue weighted by Gasteiger charge is 2.49. The predicted octanol–water partition coefficient (Wildman–Crippen LogP) is 6.59. The van der Waals surface area contributed by atoms with Crippen molar-refractivity contribution in [2.75, 3.05) is 0 Å². The van der Waals surface area contributed by atoms with Crippen molar-refractivity contribution in [3.8, 4) is 0 Å². The first-order valence-corrected chi connectivity index (χ1v) is 16.8. The molecule has 6 unspecified atom stereocenters. The smallest absolute Gasteiger partial charge is 0.408 e. The highest BCUT2D eigenvalue weighted by Crippen LogP contribution is 2.42. The van der Waals surface area contributed by atoms with Gasteiger partial charge < -0.3 is 25.0 Å². The highest BCUT2D eigenvalue weighted by atomic mass is 16.6. The number of rotatable bonds is 12. The molecule has 1 saturated carbocycles. The maximum Gasteiger partial charge on any atom is 0.408 e. The fourth-order valence-corrected chi connectivity index (χ4v) is 5.60. The molecule has 47 heavy (non-hydrogen) atoms. The standard InChI is InChI=1S/C38H55N3O6/c1-12-23(2)31(40-36(45)47-38(9,10)11)34(43)41(30-21-25(30)4)32(28-20-16-17-24(3)26(28)5)33(42)39-29(35(44)46-37(6,7)8)22-27-18-14-13-15-19-27/h13-20,23,25,29-32H,12,21-22H2,1-11H3,(H,39,42)(H,40,45). The minimum Gasteiger partial charge on any atom is -0.458 e. The Labute approximate surface area is 281 Å². The number of alkyl carbamates (subject to hydrolysis) is 1. The molecule has 2 N–H and O–H groups in total. The number of benzene rings is 2. The molecule has 9 nitrogen and oxygen atoms in total. The molecule has 0 spiro atoms. The van der Waals surface area contributed by atoms with Gasteiger partial charge in [-0.2, -0.15) is 0 Å². The third kappa shape index (κ3) is 10.6. The third-order valence-electron chi connectivity index (χ3n) is 8.59. The summed E-state index contributed by atoms with van der Waals surface area (Å²) in [6.07, 6.45) is 0.836. The van der Waals surface area contributed by atoms with Crippen LogP contribution in [-0.4, -0.2) is 58.1 Å². The zero-order chi connectivity index (χ0) is 35.3. The monoisotopic (exact) mass is 649 g/mol. The lowest BCUT2D eigenvalue weighted by molar-refractivity contribution is -0.159. The average Bonchev–Trinajstić information content (AvgIpc) is 3.69. The van der Waals surface area contributed by atoms with Crippen molar-refractivity contribution in [2.45, 2.75) is 131 Å². The molecule has 2 aromatic rings. The molecule has 0 aromatic heterocycles. The maximum atomic E-state index is 14.8. The molecule has 6 atom stereocenters. The van der Waals surface area contributed by atoms with E-state index in [2.05, 4.69) is 10.6 Å². The van der Waals surface area contributed by atoms with Gasteiger partial charge in [-0.15, -0.1) is 0 Å². The van der Waals surface area contributed by atoms with Crippen molar-refractivity contribution in [1.29, 1.82) is 0 Å². The van der Waals surface area contributed by atoms with Crippen molar-refractivity contribution >= 4 is 23.9 Å². The molecule has 0 saturated heterocycles. The largest absolute Gasteiger partial charge is 0.458 e. The SMILES string of the molecule is CCC(C)C(NC(=O)OC(C)(C)C)C(=O)N(C(C(=O)NC(Cc1ccccc1)C(=O)OC(C)(C)C)c1cccc(C)c1C)C1CC1C. The van der Waals surface area contributed by atoms with E-state index >= 15 is 0 Å². The van der Waals surface area contributed by atoms with Crippen LogP contribution in [0, 0.1) is 25.7 Å². The molecular weight excluding hydrogens is 594 g/mol. The van der Waals surface area contributed by atoms with Crippen LogP contribution in [0.4, 0.5) is 4.79 Å². The number of carbonyl (C=O) groups is 4.